The van der Waals surface area contributed by atoms with Crippen molar-refractivity contribution in [3.8, 4) is 0 Å². The maximum Gasteiger partial charge on any atom is 0.311 e. The van der Waals surface area contributed by atoms with Crippen LogP contribution < -0.4 is 5.73 Å². The molecular formula is C13H20N4O6. The minimum atomic E-state index is -1.32. The highest BCUT2D eigenvalue weighted by Crippen LogP contribution is 2.29. The lowest BCUT2D eigenvalue weighted by Crippen LogP contribution is -2.35. The summed E-state index contributed by atoms with van der Waals surface area (Å²) in [5.41, 5.74) is 4.36. The Kier molecular flexibility index (Phi) is 4.68. The second kappa shape index (κ2) is 6.22. The number of aliphatic hydroxyl groups excluding tert-OH is 2. The fourth-order valence-electron chi connectivity index (χ4n) is 1.97. The number of rotatable bonds is 4. The zero-order chi connectivity index (χ0) is 17.4. The molecular weight excluding hydrogens is 308 g/mol. The second-order valence-corrected chi connectivity index (χ2v) is 6.31. The monoisotopic (exact) mass is 328 g/mol. The molecule has 0 unspecified atom stereocenters. The summed E-state index contributed by atoms with van der Waals surface area (Å²) in [4.78, 5) is 26.4. The van der Waals surface area contributed by atoms with Crippen LogP contribution in [0.3, 0.4) is 0 Å². The summed E-state index contributed by atoms with van der Waals surface area (Å²) < 4.78 is 11.6. The summed E-state index contributed by atoms with van der Waals surface area (Å²) >= 11 is 0. The van der Waals surface area contributed by atoms with E-state index < -0.39 is 41.8 Å². The molecule has 0 aromatic carbocycles. The molecule has 0 spiro atoms. The first-order valence-corrected chi connectivity index (χ1v) is 7.01. The van der Waals surface area contributed by atoms with E-state index in [0.717, 1.165) is 11.0 Å². The Morgan fingerprint density at radius 2 is 2.04 bits per heavy atom. The zero-order valence-corrected chi connectivity index (χ0v) is 13.0. The Hall–Kier alpha value is -2.04. The molecule has 1 aromatic rings. The third kappa shape index (κ3) is 3.66. The minimum Gasteiger partial charge on any atom is -0.462 e. The Balaban J connectivity index is 2.03. The van der Waals surface area contributed by atoms with Crippen molar-refractivity contribution in [2.24, 2.45) is 11.1 Å². The predicted molar refractivity (Wildman–Crippen MR) is 74.9 cm³/mol. The van der Waals surface area contributed by atoms with Crippen LogP contribution in [0.2, 0.25) is 0 Å². The average molecular weight is 328 g/mol. The van der Waals surface area contributed by atoms with E-state index in [1.54, 1.807) is 20.8 Å². The number of aromatic nitrogens is 3. The van der Waals surface area contributed by atoms with Gasteiger partial charge in [0.2, 0.25) is 5.82 Å². The van der Waals surface area contributed by atoms with Gasteiger partial charge in [0.25, 0.3) is 5.91 Å². The smallest absolute Gasteiger partial charge is 0.311 e. The van der Waals surface area contributed by atoms with Crippen molar-refractivity contribution in [2.75, 3.05) is 6.61 Å². The van der Waals surface area contributed by atoms with Crippen LogP contribution in [-0.2, 0) is 14.3 Å². The van der Waals surface area contributed by atoms with Gasteiger partial charge in [-0.3, -0.25) is 9.59 Å². The third-order valence-corrected chi connectivity index (χ3v) is 3.32. The molecule has 0 bridgehead atoms. The number of nitrogens with zero attached hydrogens (tertiary/aromatic N) is 3. The van der Waals surface area contributed by atoms with E-state index in [0.29, 0.717) is 0 Å². The fourth-order valence-corrected chi connectivity index (χ4v) is 1.97. The SMILES string of the molecule is CC(C)(C)C(=O)OC[C@@H]1O[C@@H](n2cnc(C(N)=O)n2)[C@@H](O)[C@@H]1O. The first-order valence-electron chi connectivity index (χ1n) is 7.01. The molecule has 0 radical (unpaired) electrons. The van der Waals surface area contributed by atoms with Gasteiger partial charge >= 0.3 is 5.97 Å². The molecule has 128 valence electrons. The van der Waals surface area contributed by atoms with E-state index in [9.17, 15) is 19.8 Å². The molecule has 23 heavy (non-hydrogen) atoms. The molecule has 1 aliphatic rings. The van der Waals surface area contributed by atoms with Crippen LogP contribution in [0.1, 0.15) is 37.6 Å². The van der Waals surface area contributed by atoms with Crippen LogP contribution >= 0.6 is 0 Å². The summed E-state index contributed by atoms with van der Waals surface area (Å²) in [6, 6.07) is 0. The lowest BCUT2D eigenvalue weighted by molar-refractivity contribution is -0.159. The van der Waals surface area contributed by atoms with Gasteiger partial charge in [-0.1, -0.05) is 0 Å². The molecule has 0 saturated carbocycles. The van der Waals surface area contributed by atoms with Gasteiger partial charge in [0.15, 0.2) is 6.23 Å². The predicted octanol–water partition coefficient (Wildman–Crippen LogP) is -1.41. The number of esters is 1. The van der Waals surface area contributed by atoms with Crippen molar-refractivity contribution in [1.82, 2.24) is 14.8 Å². The highest BCUT2D eigenvalue weighted by atomic mass is 16.6. The second-order valence-electron chi connectivity index (χ2n) is 6.31. The summed E-state index contributed by atoms with van der Waals surface area (Å²) in [5.74, 6) is -1.52. The molecule has 0 aliphatic carbocycles. The largest absolute Gasteiger partial charge is 0.462 e. The lowest BCUT2D eigenvalue weighted by atomic mass is 9.97. The highest BCUT2D eigenvalue weighted by molar-refractivity contribution is 5.88. The Morgan fingerprint density at radius 3 is 2.57 bits per heavy atom. The molecule has 10 heteroatoms. The highest BCUT2D eigenvalue weighted by Gasteiger charge is 2.45. The molecule has 1 aliphatic heterocycles. The lowest BCUT2D eigenvalue weighted by Gasteiger charge is -2.20. The standard InChI is InChI=1S/C13H20N4O6/c1-13(2,3)12(21)22-4-6-7(18)8(19)11(23-6)17-5-15-10(16-17)9(14)20/h5-8,11,18-19H,4H2,1-3H3,(H2,14,20)/t6-,7+,8-,11+/m0/s1. The number of nitrogens with two attached hydrogens (primary N) is 1. The first-order chi connectivity index (χ1) is 10.6. The molecule has 10 nitrogen and oxygen atoms in total. The van der Waals surface area contributed by atoms with Crippen LogP contribution in [0.15, 0.2) is 6.33 Å². The molecule has 2 rings (SSSR count). The van der Waals surface area contributed by atoms with Gasteiger partial charge in [-0.05, 0) is 20.8 Å². The number of amides is 1. The maximum atomic E-state index is 11.7. The van der Waals surface area contributed by atoms with Gasteiger partial charge in [0.1, 0.15) is 31.2 Å². The number of hydrogen-bond acceptors (Lipinski definition) is 8. The molecule has 4 N–H and O–H groups in total. The van der Waals surface area contributed by atoms with E-state index in [4.69, 9.17) is 15.2 Å². The zero-order valence-electron chi connectivity index (χ0n) is 13.0. The van der Waals surface area contributed by atoms with Crippen LogP contribution in [-0.4, -0.2) is 61.8 Å². The summed E-state index contributed by atoms with van der Waals surface area (Å²) in [6.07, 6.45) is -3.44. The van der Waals surface area contributed by atoms with Gasteiger partial charge in [-0.2, -0.15) is 0 Å². The average Bonchev–Trinajstić information content (AvgIpc) is 3.03. The topological polar surface area (TPSA) is 150 Å². The number of carbonyl (C=O) groups excluding carboxylic acids is 2. The fraction of sp³-hybridized carbons (Fsp3) is 0.692. The van der Waals surface area contributed by atoms with E-state index in [1.807, 2.05) is 0 Å². The van der Waals surface area contributed by atoms with E-state index >= 15 is 0 Å². The third-order valence-electron chi connectivity index (χ3n) is 3.32. The van der Waals surface area contributed by atoms with Crippen LogP contribution in [0, 0.1) is 5.41 Å². The molecule has 1 amide bonds. The molecule has 2 heterocycles. The number of aliphatic hydroxyl groups is 2. The van der Waals surface area contributed by atoms with Crippen LogP contribution in [0.25, 0.3) is 0 Å². The van der Waals surface area contributed by atoms with E-state index in [2.05, 4.69) is 10.1 Å². The van der Waals surface area contributed by atoms with E-state index in [1.165, 1.54) is 0 Å². The van der Waals surface area contributed by atoms with Crippen molar-refractivity contribution in [3.05, 3.63) is 12.2 Å². The quantitative estimate of drug-likeness (QED) is 0.570. The molecule has 1 saturated heterocycles. The summed E-state index contributed by atoms with van der Waals surface area (Å²) in [6.45, 7) is 4.86. The first kappa shape index (κ1) is 17.3. The van der Waals surface area contributed by atoms with Gasteiger partial charge in [0, 0.05) is 0 Å². The van der Waals surface area contributed by atoms with Crippen molar-refractivity contribution < 1.29 is 29.3 Å². The number of ether oxygens (including phenoxy) is 2. The molecule has 1 aromatic heterocycles. The molecule has 1 fully saturated rings. The maximum absolute atomic E-state index is 11.7. The normalized spacial score (nSPS) is 27.9. The van der Waals surface area contributed by atoms with Crippen LogP contribution in [0.5, 0.6) is 0 Å². The van der Waals surface area contributed by atoms with Gasteiger partial charge in [0.05, 0.1) is 5.41 Å². The van der Waals surface area contributed by atoms with Gasteiger partial charge < -0.3 is 25.4 Å². The van der Waals surface area contributed by atoms with Crippen molar-refractivity contribution >= 4 is 11.9 Å². The minimum absolute atomic E-state index is 0.220. The number of primary amides is 1. The Morgan fingerprint density at radius 1 is 1.39 bits per heavy atom. The number of carbonyl (C=O) groups is 2. The van der Waals surface area contributed by atoms with Crippen LogP contribution in [0.4, 0.5) is 0 Å². The Bertz CT molecular complexity index is 596. The number of hydrogen-bond donors (Lipinski definition) is 3. The van der Waals surface area contributed by atoms with E-state index in [-0.39, 0.29) is 12.4 Å². The Labute approximate surface area is 132 Å². The van der Waals surface area contributed by atoms with Crippen molar-refractivity contribution in [3.63, 3.8) is 0 Å². The van der Waals surface area contributed by atoms with Gasteiger partial charge in [-0.25, -0.2) is 9.67 Å². The summed E-state index contributed by atoms with van der Waals surface area (Å²) in [7, 11) is 0. The van der Waals surface area contributed by atoms with Gasteiger partial charge in [-0.15, -0.1) is 5.10 Å². The van der Waals surface area contributed by atoms with Crippen molar-refractivity contribution in [2.45, 2.75) is 45.3 Å². The molecule has 4 atom stereocenters. The summed E-state index contributed by atoms with van der Waals surface area (Å²) in [5, 5.41) is 23.8. The van der Waals surface area contributed by atoms with Crippen molar-refractivity contribution in [1.29, 1.82) is 0 Å².